The zero-order valence-corrected chi connectivity index (χ0v) is 9.45. The van der Waals surface area contributed by atoms with Gasteiger partial charge >= 0.3 is 0 Å². The second-order valence-corrected chi connectivity index (χ2v) is 4.01. The molecule has 2 unspecified atom stereocenters. The van der Waals surface area contributed by atoms with Gasteiger partial charge in [0.15, 0.2) is 6.29 Å². The molecule has 1 saturated heterocycles. The fraction of sp³-hybridized carbons (Fsp3) is 1.00. The van der Waals surface area contributed by atoms with E-state index in [0.29, 0.717) is 6.61 Å². The highest BCUT2D eigenvalue weighted by molar-refractivity contribution is 4.91. The summed E-state index contributed by atoms with van der Waals surface area (Å²) in [6, 6.07) is -0.797. The number of hydrogen-bond acceptors (Lipinski definition) is 6. The summed E-state index contributed by atoms with van der Waals surface area (Å²) in [5, 5.41) is 28.1. The van der Waals surface area contributed by atoms with E-state index >= 15 is 0 Å². The van der Waals surface area contributed by atoms with E-state index in [0.717, 1.165) is 12.8 Å². The molecule has 0 amide bonds. The smallest absolute Gasteiger partial charge is 0.175 e. The van der Waals surface area contributed by atoms with Gasteiger partial charge in [-0.1, -0.05) is 13.3 Å². The first kappa shape index (κ1) is 13.8. The first-order chi connectivity index (χ1) is 7.61. The molecule has 1 heterocycles. The lowest BCUT2D eigenvalue weighted by Crippen LogP contribution is -2.62. The molecule has 0 bridgehead atoms. The predicted octanol–water partition coefficient (Wildman–Crippen LogP) is -1.43. The minimum absolute atomic E-state index is 0.376. The van der Waals surface area contributed by atoms with Crippen molar-refractivity contribution < 1.29 is 24.8 Å². The van der Waals surface area contributed by atoms with Crippen LogP contribution in [0.5, 0.6) is 0 Å². The molecule has 1 aliphatic heterocycles. The van der Waals surface area contributed by atoms with Gasteiger partial charge in [0.05, 0.1) is 12.6 Å². The Labute approximate surface area is 95.0 Å². The summed E-state index contributed by atoms with van der Waals surface area (Å²) in [7, 11) is 0. The third-order valence-corrected chi connectivity index (χ3v) is 2.71. The molecule has 5 atom stereocenters. The van der Waals surface area contributed by atoms with E-state index in [2.05, 4.69) is 0 Å². The van der Waals surface area contributed by atoms with Crippen molar-refractivity contribution in [1.29, 1.82) is 0 Å². The van der Waals surface area contributed by atoms with Gasteiger partial charge in [-0.3, -0.25) is 0 Å². The van der Waals surface area contributed by atoms with Crippen LogP contribution in [0.2, 0.25) is 0 Å². The monoisotopic (exact) mass is 235 g/mol. The molecule has 0 radical (unpaired) electrons. The number of aliphatic hydroxyl groups excluding tert-OH is 3. The molecule has 0 spiro atoms. The molecule has 0 aromatic carbocycles. The van der Waals surface area contributed by atoms with Gasteiger partial charge in [-0.2, -0.15) is 0 Å². The zero-order valence-electron chi connectivity index (χ0n) is 9.45. The van der Waals surface area contributed by atoms with Crippen LogP contribution in [0.4, 0.5) is 0 Å². The maximum Gasteiger partial charge on any atom is 0.175 e. The molecule has 1 fully saturated rings. The van der Waals surface area contributed by atoms with Gasteiger partial charge in [-0.25, -0.2) is 0 Å². The Bertz CT molecular complexity index is 202. The normalized spacial score (nSPS) is 39.9. The largest absolute Gasteiger partial charge is 0.394 e. The average Bonchev–Trinajstić information content (AvgIpc) is 2.29. The fourth-order valence-electron chi connectivity index (χ4n) is 1.60. The average molecular weight is 235 g/mol. The minimum Gasteiger partial charge on any atom is -0.394 e. The van der Waals surface area contributed by atoms with Crippen molar-refractivity contribution in [3.63, 3.8) is 0 Å². The van der Waals surface area contributed by atoms with Crippen molar-refractivity contribution in [3.8, 4) is 0 Å². The van der Waals surface area contributed by atoms with Crippen LogP contribution in [-0.4, -0.2) is 59.2 Å². The van der Waals surface area contributed by atoms with E-state index < -0.39 is 30.6 Å². The van der Waals surface area contributed by atoms with Crippen molar-refractivity contribution >= 4 is 0 Å². The maximum absolute atomic E-state index is 9.63. The van der Waals surface area contributed by atoms with Crippen LogP contribution in [0.25, 0.3) is 0 Å². The Morgan fingerprint density at radius 3 is 2.56 bits per heavy atom. The second-order valence-electron chi connectivity index (χ2n) is 4.01. The lowest BCUT2D eigenvalue weighted by molar-refractivity contribution is -0.265. The maximum atomic E-state index is 9.63. The van der Waals surface area contributed by atoms with E-state index in [1.165, 1.54) is 0 Å². The van der Waals surface area contributed by atoms with Crippen molar-refractivity contribution in [2.75, 3.05) is 13.2 Å². The van der Waals surface area contributed by atoms with Crippen LogP contribution in [-0.2, 0) is 9.47 Å². The van der Waals surface area contributed by atoms with E-state index in [4.69, 9.17) is 20.3 Å². The van der Waals surface area contributed by atoms with Gasteiger partial charge in [-0.05, 0) is 6.42 Å². The highest BCUT2D eigenvalue weighted by Gasteiger charge is 2.42. The van der Waals surface area contributed by atoms with Crippen LogP contribution in [0.3, 0.4) is 0 Å². The summed E-state index contributed by atoms with van der Waals surface area (Å²) in [5.41, 5.74) is 5.67. The Morgan fingerprint density at radius 1 is 1.31 bits per heavy atom. The Hall–Kier alpha value is -0.240. The first-order valence-corrected chi connectivity index (χ1v) is 5.61. The van der Waals surface area contributed by atoms with Crippen molar-refractivity contribution in [2.24, 2.45) is 5.73 Å². The number of aliphatic hydroxyl groups is 3. The highest BCUT2D eigenvalue weighted by Crippen LogP contribution is 2.20. The number of ether oxygens (including phenoxy) is 2. The van der Waals surface area contributed by atoms with Crippen LogP contribution in [0, 0.1) is 0 Å². The number of hydrogen-bond donors (Lipinski definition) is 4. The van der Waals surface area contributed by atoms with Gasteiger partial charge in [0.2, 0.25) is 0 Å². The molecule has 1 aliphatic rings. The SMILES string of the molecule is CCCCO[C@@H]1OC(CO)[C@H](O)[C@H](O)C1N. The predicted molar refractivity (Wildman–Crippen MR) is 56.6 cm³/mol. The van der Waals surface area contributed by atoms with E-state index in [1.54, 1.807) is 0 Å². The molecule has 5 N–H and O–H groups in total. The van der Waals surface area contributed by atoms with Gasteiger partial charge in [-0.15, -0.1) is 0 Å². The molecule has 1 rings (SSSR count). The van der Waals surface area contributed by atoms with Gasteiger partial charge < -0.3 is 30.5 Å². The second kappa shape index (κ2) is 6.48. The zero-order chi connectivity index (χ0) is 12.1. The topological polar surface area (TPSA) is 105 Å². The molecular formula is C10H21NO5. The summed E-state index contributed by atoms with van der Waals surface area (Å²) < 4.78 is 10.6. The van der Waals surface area contributed by atoms with Gasteiger partial charge in [0.1, 0.15) is 18.3 Å². The van der Waals surface area contributed by atoms with Crippen molar-refractivity contribution in [1.82, 2.24) is 0 Å². The molecule has 96 valence electrons. The highest BCUT2D eigenvalue weighted by atomic mass is 16.7. The third kappa shape index (κ3) is 3.13. The van der Waals surface area contributed by atoms with E-state index in [-0.39, 0.29) is 6.61 Å². The Morgan fingerprint density at radius 2 is 2.00 bits per heavy atom. The summed E-state index contributed by atoms with van der Waals surface area (Å²) in [5.74, 6) is 0. The number of nitrogens with two attached hydrogens (primary N) is 1. The molecule has 16 heavy (non-hydrogen) atoms. The molecule has 0 aromatic rings. The minimum atomic E-state index is -1.17. The molecule has 6 heteroatoms. The molecule has 0 saturated carbocycles. The molecule has 0 aliphatic carbocycles. The van der Waals surface area contributed by atoms with Crippen LogP contribution in [0.15, 0.2) is 0 Å². The molecule has 6 nitrogen and oxygen atoms in total. The van der Waals surface area contributed by atoms with E-state index in [9.17, 15) is 10.2 Å². The summed E-state index contributed by atoms with van der Waals surface area (Å²) in [6.45, 7) is 2.13. The van der Waals surface area contributed by atoms with Crippen molar-refractivity contribution in [3.05, 3.63) is 0 Å². The van der Waals surface area contributed by atoms with Crippen LogP contribution < -0.4 is 5.73 Å². The standard InChI is InChI=1S/C10H21NO5/c1-2-3-4-15-10-7(11)9(14)8(13)6(5-12)16-10/h6-10,12-14H,2-5,11H2,1H3/t6?,7?,8-,9+,10+/m0/s1. The summed E-state index contributed by atoms with van der Waals surface area (Å²) in [4.78, 5) is 0. The fourth-order valence-corrected chi connectivity index (χ4v) is 1.60. The third-order valence-electron chi connectivity index (χ3n) is 2.71. The lowest BCUT2D eigenvalue weighted by atomic mass is 9.98. The van der Waals surface area contributed by atoms with Crippen LogP contribution >= 0.6 is 0 Å². The van der Waals surface area contributed by atoms with Gasteiger partial charge in [0.25, 0.3) is 0 Å². The lowest BCUT2D eigenvalue weighted by Gasteiger charge is -2.40. The Kier molecular flexibility index (Phi) is 5.60. The van der Waals surface area contributed by atoms with Crippen LogP contribution in [0.1, 0.15) is 19.8 Å². The number of unbranched alkanes of at least 4 members (excludes halogenated alkanes) is 1. The van der Waals surface area contributed by atoms with Gasteiger partial charge in [0, 0.05) is 6.61 Å². The Balaban J connectivity index is 2.50. The molecular weight excluding hydrogens is 214 g/mol. The summed E-state index contributed by atoms with van der Waals surface area (Å²) in [6.07, 6.45) is -2.09. The first-order valence-electron chi connectivity index (χ1n) is 5.61. The molecule has 0 aromatic heterocycles. The number of rotatable bonds is 5. The van der Waals surface area contributed by atoms with E-state index in [1.807, 2.05) is 6.92 Å². The van der Waals surface area contributed by atoms with Crippen molar-refractivity contribution in [2.45, 2.75) is 50.4 Å². The summed E-state index contributed by atoms with van der Waals surface area (Å²) >= 11 is 0. The quantitative estimate of drug-likeness (QED) is 0.435.